The van der Waals surface area contributed by atoms with Crippen LogP contribution in [-0.2, 0) is 10.0 Å². The van der Waals surface area contributed by atoms with Crippen LogP contribution in [-0.4, -0.2) is 39.0 Å². The van der Waals surface area contributed by atoms with E-state index in [9.17, 15) is 8.42 Å². The molecule has 1 atom stereocenters. The van der Waals surface area contributed by atoms with E-state index >= 15 is 0 Å². The molecule has 1 unspecified atom stereocenters. The van der Waals surface area contributed by atoms with Gasteiger partial charge in [0, 0.05) is 12.6 Å². The lowest BCUT2D eigenvalue weighted by atomic mass is 9.85. The standard InChI is InChI=1S/C11H15BrN2O2S2/c12-10-1-2-11(17-10)18(15,16)13-9-7-14-5-3-8(9)4-6-14/h1-2,8-9,13H,3-7H2. The Hall–Kier alpha value is 0.0500. The number of fused-ring (bicyclic) bond motifs is 3. The first-order chi connectivity index (χ1) is 8.54. The fraction of sp³-hybridized carbons (Fsp3) is 0.636. The lowest BCUT2D eigenvalue weighted by Crippen LogP contribution is -2.57. The second-order valence-corrected chi connectivity index (χ2v) is 9.33. The molecule has 4 nitrogen and oxygen atoms in total. The molecule has 1 aromatic rings. The van der Waals surface area contributed by atoms with Gasteiger partial charge in [0.2, 0.25) is 10.0 Å². The Morgan fingerprint density at radius 1 is 1.33 bits per heavy atom. The van der Waals surface area contributed by atoms with Gasteiger partial charge in [-0.05, 0) is 59.9 Å². The molecule has 2 bridgehead atoms. The van der Waals surface area contributed by atoms with E-state index in [1.54, 1.807) is 12.1 Å². The van der Waals surface area contributed by atoms with E-state index in [1.807, 2.05) is 0 Å². The second-order valence-electron chi connectivity index (χ2n) is 4.92. The van der Waals surface area contributed by atoms with Crippen molar-refractivity contribution in [1.29, 1.82) is 0 Å². The zero-order chi connectivity index (χ0) is 12.8. The van der Waals surface area contributed by atoms with E-state index in [4.69, 9.17) is 0 Å². The summed E-state index contributed by atoms with van der Waals surface area (Å²) in [6, 6.07) is 3.51. The monoisotopic (exact) mass is 350 g/mol. The highest BCUT2D eigenvalue weighted by molar-refractivity contribution is 9.11. The van der Waals surface area contributed by atoms with E-state index in [0.717, 1.165) is 36.3 Å². The summed E-state index contributed by atoms with van der Waals surface area (Å²) in [5.41, 5.74) is 0. The molecule has 0 aliphatic carbocycles. The second kappa shape index (κ2) is 4.86. The highest BCUT2D eigenvalue weighted by Gasteiger charge is 2.36. The molecule has 3 aliphatic rings. The highest BCUT2D eigenvalue weighted by atomic mass is 79.9. The van der Waals surface area contributed by atoms with E-state index < -0.39 is 10.0 Å². The van der Waals surface area contributed by atoms with E-state index in [-0.39, 0.29) is 6.04 Å². The van der Waals surface area contributed by atoms with Crippen LogP contribution in [0.3, 0.4) is 0 Å². The summed E-state index contributed by atoms with van der Waals surface area (Å²) in [6.07, 6.45) is 2.22. The van der Waals surface area contributed by atoms with E-state index in [1.165, 1.54) is 11.3 Å². The SMILES string of the molecule is O=S(=O)(NC1CN2CCC1CC2)c1ccc(Br)s1. The lowest BCUT2D eigenvalue weighted by Gasteiger charge is -2.44. The number of rotatable bonds is 3. The van der Waals surface area contributed by atoms with Crippen molar-refractivity contribution in [2.75, 3.05) is 19.6 Å². The third-order valence-corrected chi connectivity index (χ3v) is 7.38. The summed E-state index contributed by atoms with van der Waals surface area (Å²) in [6.45, 7) is 3.09. The van der Waals surface area contributed by atoms with Crippen molar-refractivity contribution in [3.63, 3.8) is 0 Å². The van der Waals surface area contributed by atoms with Crippen LogP contribution in [0.25, 0.3) is 0 Å². The molecule has 0 amide bonds. The Morgan fingerprint density at radius 2 is 2.06 bits per heavy atom. The summed E-state index contributed by atoms with van der Waals surface area (Å²) in [4.78, 5) is 2.34. The first-order valence-electron chi connectivity index (χ1n) is 6.04. The van der Waals surface area contributed by atoms with Gasteiger partial charge in [-0.3, -0.25) is 0 Å². The first kappa shape index (κ1) is 13.1. The number of hydrogen-bond donors (Lipinski definition) is 1. The van der Waals surface area contributed by atoms with Crippen molar-refractivity contribution in [2.24, 2.45) is 5.92 Å². The molecular formula is C11H15BrN2O2S2. The van der Waals surface area contributed by atoms with E-state index in [2.05, 4.69) is 25.6 Å². The summed E-state index contributed by atoms with van der Waals surface area (Å²) >= 11 is 4.56. The van der Waals surface area contributed by atoms with Crippen molar-refractivity contribution in [2.45, 2.75) is 23.1 Å². The van der Waals surface area contributed by atoms with Crippen molar-refractivity contribution in [1.82, 2.24) is 9.62 Å². The molecule has 3 aliphatic heterocycles. The van der Waals surface area contributed by atoms with Gasteiger partial charge in [-0.15, -0.1) is 11.3 Å². The number of sulfonamides is 1. The quantitative estimate of drug-likeness (QED) is 0.905. The van der Waals surface area contributed by atoms with Crippen LogP contribution in [0.15, 0.2) is 20.1 Å². The van der Waals surface area contributed by atoms with Crippen LogP contribution in [0.4, 0.5) is 0 Å². The molecule has 0 saturated carbocycles. The fourth-order valence-electron chi connectivity index (χ4n) is 2.80. The molecule has 1 N–H and O–H groups in total. The summed E-state index contributed by atoms with van der Waals surface area (Å²) in [7, 11) is -3.35. The maximum atomic E-state index is 12.2. The van der Waals surface area contributed by atoms with Crippen molar-refractivity contribution >= 4 is 37.3 Å². The van der Waals surface area contributed by atoms with Crippen LogP contribution < -0.4 is 4.72 Å². The molecule has 7 heteroatoms. The third-order valence-electron chi connectivity index (χ3n) is 3.78. The number of hydrogen-bond acceptors (Lipinski definition) is 4. The normalized spacial score (nSPS) is 31.7. The molecule has 0 aromatic carbocycles. The molecule has 4 rings (SSSR count). The number of thiophene rings is 1. The molecule has 0 spiro atoms. The largest absolute Gasteiger partial charge is 0.302 e. The molecular weight excluding hydrogens is 336 g/mol. The van der Waals surface area contributed by atoms with Crippen LogP contribution >= 0.6 is 27.3 Å². The van der Waals surface area contributed by atoms with E-state index in [0.29, 0.717) is 10.1 Å². The number of halogens is 1. The zero-order valence-corrected chi connectivity index (χ0v) is 13.0. The van der Waals surface area contributed by atoms with Crippen LogP contribution in [0.5, 0.6) is 0 Å². The Bertz CT molecular complexity index is 535. The van der Waals surface area contributed by atoms with Gasteiger partial charge in [0.05, 0.1) is 3.79 Å². The van der Waals surface area contributed by atoms with Crippen LogP contribution in [0, 0.1) is 5.92 Å². The van der Waals surface area contributed by atoms with Gasteiger partial charge in [0.15, 0.2) is 0 Å². The van der Waals surface area contributed by atoms with Crippen molar-refractivity contribution in [3.8, 4) is 0 Å². The Kier molecular flexibility index (Phi) is 3.53. The zero-order valence-electron chi connectivity index (χ0n) is 9.80. The molecule has 4 heterocycles. The third kappa shape index (κ3) is 2.51. The Balaban J connectivity index is 1.76. The van der Waals surface area contributed by atoms with Gasteiger partial charge in [-0.2, -0.15) is 0 Å². The first-order valence-corrected chi connectivity index (χ1v) is 9.14. The number of nitrogens with zero attached hydrogens (tertiary/aromatic N) is 1. The Morgan fingerprint density at radius 3 is 2.56 bits per heavy atom. The summed E-state index contributed by atoms with van der Waals surface area (Å²) in [5, 5.41) is 0. The molecule has 3 saturated heterocycles. The van der Waals surface area contributed by atoms with Gasteiger partial charge in [0.25, 0.3) is 0 Å². The minimum absolute atomic E-state index is 0.0818. The summed E-state index contributed by atoms with van der Waals surface area (Å²) in [5.74, 6) is 0.508. The molecule has 3 fully saturated rings. The molecule has 100 valence electrons. The smallest absolute Gasteiger partial charge is 0.250 e. The lowest BCUT2D eigenvalue weighted by molar-refractivity contribution is 0.0827. The maximum absolute atomic E-state index is 12.2. The van der Waals surface area contributed by atoms with Gasteiger partial charge in [0.1, 0.15) is 4.21 Å². The van der Waals surface area contributed by atoms with Gasteiger partial charge >= 0.3 is 0 Å². The average molecular weight is 351 g/mol. The van der Waals surface area contributed by atoms with Crippen LogP contribution in [0.2, 0.25) is 0 Å². The van der Waals surface area contributed by atoms with Crippen LogP contribution in [0.1, 0.15) is 12.8 Å². The molecule has 1 aromatic heterocycles. The minimum Gasteiger partial charge on any atom is -0.302 e. The minimum atomic E-state index is -3.35. The molecule has 0 radical (unpaired) electrons. The topological polar surface area (TPSA) is 49.4 Å². The Labute approximate surface area is 120 Å². The van der Waals surface area contributed by atoms with Crippen molar-refractivity contribution < 1.29 is 8.42 Å². The number of piperidine rings is 3. The van der Waals surface area contributed by atoms with Gasteiger partial charge in [-0.25, -0.2) is 13.1 Å². The fourth-order valence-corrected chi connectivity index (χ4v) is 6.12. The van der Waals surface area contributed by atoms with Gasteiger partial charge < -0.3 is 4.90 Å². The maximum Gasteiger partial charge on any atom is 0.250 e. The number of nitrogens with one attached hydrogen (secondary N) is 1. The molecule has 18 heavy (non-hydrogen) atoms. The van der Waals surface area contributed by atoms with Crippen molar-refractivity contribution in [3.05, 3.63) is 15.9 Å². The summed E-state index contributed by atoms with van der Waals surface area (Å²) < 4.78 is 28.6. The predicted molar refractivity (Wildman–Crippen MR) is 75.3 cm³/mol. The average Bonchev–Trinajstić information content (AvgIpc) is 2.78. The predicted octanol–water partition coefficient (Wildman–Crippen LogP) is 1.88. The highest BCUT2D eigenvalue weighted by Crippen LogP contribution is 2.30. The van der Waals surface area contributed by atoms with Gasteiger partial charge in [-0.1, -0.05) is 0 Å².